The summed E-state index contributed by atoms with van der Waals surface area (Å²) >= 11 is 0. The Morgan fingerprint density at radius 1 is 1.15 bits per heavy atom. The molecule has 1 amide bonds. The lowest BCUT2D eigenvalue weighted by atomic mass is 10.1. The van der Waals surface area contributed by atoms with E-state index in [1.165, 1.54) is 5.56 Å². The van der Waals surface area contributed by atoms with Crippen molar-refractivity contribution in [1.29, 1.82) is 0 Å². The summed E-state index contributed by atoms with van der Waals surface area (Å²) in [6, 6.07) is 11.4. The molecule has 1 saturated heterocycles. The third-order valence-electron chi connectivity index (χ3n) is 4.90. The molecule has 2 aromatic carbocycles. The van der Waals surface area contributed by atoms with Gasteiger partial charge in [-0.1, -0.05) is 12.1 Å². The number of carbonyl (C=O) groups excluding carboxylic acids is 1. The van der Waals surface area contributed by atoms with E-state index in [1.807, 2.05) is 50.2 Å². The molecule has 1 heterocycles. The summed E-state index contributed by atoms with van der Waals surface area (Å²) in [7, 11) is 1.62. The second kappa shape index (κ2) is 8.91. The van der Waals surface area contributed by atoms with Crippen molar-refractivity contribution in [3.8, 4) is 11.5 Å². The minimum absolute atomic E-state index is 0.0872. The highest BCUT2D eigenvalue weighted by molar-refractivity contribution is 5.94. The fraction of sp³-hybridized carbons (Fsp3) is 0.409. The van der Waals surface area contributed by atoms with Crippen LogP contribution in [0.4, 0.5) is 0 Å². The quantitative estimate of drug-likeness (QED) is 0.807. The van der Waals surface area contributed by atoms with E-state index in [-0.39, 0.29) is 12.0 Å². The smallest absolute Gasteiger partial charge is 0.251 e. The van der Waals surface area contributed by atoms with Crippen molar-refractivity contribution in [1.82, 2.24) is 5.32 Å². The first-order valence-corrected chi connectivity index (χ1v) is 9.33. The van der Waals surface area contributed by atoms with Crippen LogP contribution < -0.4 is 14.8 Å². The van der Waals surface area contributed by atoms with Crippen LogP contribution in [-0.2, 0) is 11.3 Å². The maximum absolute atomic E-state index is 12.4. The topological polar surface area (TPSA) is 56.8 Å². The SMILES string of the molecule is COc1cc(CNC(=O)c2ccc(C)c(C)c2)ccc1OC[C@@H]1CCCO1. The van der Waals surface area contributed by atoms with Gasteiger partial charge in [0.1, 0.15) is 6.61 Å². The van der Waals surface area contributed by atoms with E-state index in [1.54, 1.807) is 7.11 Å². The maximum atomic E-state index is 12.4. The van der Waals surface area contributed by atoms with E-state index >= 15 is 0 Å². The van der Waals surface area contributed by atoms with Crippen molar-refractivity contribution < 1.29 is 19.0 Å². The first kappa shape index (κ1) is 19.2. The summed E-state index contributed by atoms with van der Waals surface area (Å²) in [5.41, 5.74) is 3.90. The number of aryl methyl sites for hydroxylation is 2. The number of carbonyl (C=O) groups is 1. The van der Waals surface area contributed by atoms with Gasteiger partial charge in [0, 0.05) is 18.7 Å². The van der Waals surface area contributed by atoms with Gasteiger partial charge in [0.05, 0.1) is 13.2 Å². The molecule has 0 spiro atoms. The monoisotopic (exact) mass is 369 g/mol. The van der Waals surface area contributed by atoms with Crippen molar-refractivity contribution >= 4 is 5.91 Å². The van der Waals surface area contributed by atoms with Gasteiger partial charge in [0.15, 0.2) is 11.5 Å². The van der Waals surface area contributed by atoms with Crippen LogP contribution in [0.1, 0.15) is 39.9 Å². The lowest BCUT2D eigenvalue weighted by Crippen LogP contribution is -2.23. The molecule has 144 valence electrons. The molecular weight excluding hydrogens is 342 g/mol. The van der Waals surface area contributed by atoms with Crippen LogP contribution in [0.2, 0.25) is 0 Å². The van der Waals surface area contributed by atoms with Gasteiger partial charge < -0.3 is 19.5 Å². The largest absolute Gasteiger partial charge is 0.493 e. The number of methoxy groups -OCH3 is 1. The molecule has 2 aromatic rings. The molecule has 1 aliphatic heterocycles. The molecule has 3 rings (SSSR count). The van der Waals surface area contributed by atoms with Crippen LogP contribution in [0, 0.1) is 13.8 Å². The third-order valence-corrected chi connectivity index (χ3v) is 4.90. The van der Waals surface area contributed by atoms with E-state index < -0.39 is 0 Å². The van der Waals surface area contributed by atoms with Crippen LogP contribution in [0.25, 0.3) is 0 Å². The lowest BCUT2D eigenvalue weighted by molar-refractivity contribution is 0.0669. The predicted molar refractivity (Wildman–Crippen MR) is 105 cm³/mol. The van der Waals surface area contributed by atoms with E-state index in [2.05, 4.69) is 5.32 Å². The van der Waals surface area contributed by atoms with Crippen LogP contribution >= 0.6 is 0 Å². The minimum atomic E-state index is -0.0872. The highest BCUT2D eigenvalue weighted by Crippen LogP contribution is 2.29. The van der Waals surface area contributed by atoms with E-state index in [4.69, 9.17) is 14.2 Å². The van der Waals surface area contributed by atoms with Gasteiger partial charge in [-0.05, 0) is 67.6 Å². The van der Waals surface area contributed by atoms with Gasteiger partial charge in [0.2, 0.25) is 0 Å². The fourth-order valence-corrected chi connectivity index (χ4v) is 3.07. The van der Waals surface area contributed by atoms with Crippen molar-refractivity contribution in [2.75, 3.05) is 20.3 Å². The first-order valence-electron chi connectivity index (χ1n) is 9.33. The van der Waals surface area contributed by atoms with Crippen molar-refractivity contribution in [2.24, 2.45) is 0 Å². The summed E-state index contributed by atoms with van der Waals surface area (Å²) in [4.78, 5) is 12.4. The van der Waals surface area contributed by atoms with Gasteiger partial charge in [-0.3, -0.25) is 4.79 Å². The number of amides is 1. The van der Waals surface area contributed by atoms with Gasteiger partial charge in [-0.15, -0.1) is 0 Å². The van der Waals surface area contributed by atoms with E-state index in [9.17, 15) is 4.79 Å². The molecule has 5 heteroatoms. The number of nitrogens with one attached hydrogen (secondary N) is 1. The molecule has 0 aromatic heterocycles. The molecule has 0 saturated carbocycles. The van der Waals surface area contributed by atoms with E-state index in [0.29, 0.717) is 30.2 Å². The van der Waals surface area contributed by atoms with Crippen molar-refractivity contribution in [3.63, 3.8) is 0 Å². The fourth-order valence-electron chi connectivity index (χ4n) is 3.07. The number of ether oxygens (including phenoxy) is 3. The van der Waals surface area contributed by atoms with Gasteiger partial charge in [-0.25, -0.2) is 0 Å². The Morgan fingerprint density at radius 3 is 2.70 bits per heavy atom. The second-order valence-electron chi connectivity index (χ2n) is 6.91. The predicted octanol–water partition coefficient (Wildman–Crippen LogP) is 3.80. The number of benzene rings is 2. The molecule has 1 atom stereocenters. The van der Waals surface area contributed by atoms with Crippen molar-refractivity contribution in [2.45, 2.75) is 39.3 Å². The molecule has 1 aliphatic rings. The zero-order valence-electron chi connectivity index (χ0n) is 16.2. The molecular formula is C22H27NO4. The Kier molecular flexibility index (Phi) is 6.35. The Hall–Kier alpha value is -2.53. The van der Waals surface area contributed by atoms with Crippen LogP contribution in [0.15, 0.2) is 36.4 Å². The Bertz CT molecular complexity index is 797. The van der Waals surface area contributed by atoms with Crippen LogP contribution in [0.5, 0.6) is 11.5 Å². The zero-order valence-corrected chi connectivity index (χ0v) is 16.2. The highest BCUT2D eigenvalue weighted by Gasteiger charge is 2.17. The van der Waals surface area contributed by atoms with Crippen molar-refractivity contribution in [3.05, 3.63) is 58.7 Å². The Labute approximate surface area is 160 Å². The standard InChI is InChI=1S/C22H27NO4/c1-15-6-8-18(11-16(15)2)22(24)23-13-17-7-9-20(21(12-17)25-3)27-14-19-5-4-10-26-19/h6-9,11-12,19H,4-5,10,13-14H2,1-3H3,(H,23,24)/t19-/m0/s1. The first-order chi connectivity index (χ1) is 13.1. The molecule has 0 aliphatic carbocycles. The van der Waals surface area contributed by atoms with Gasteiger partial charge in [0.25, 0.3) is 5.91 Å². The third kappa shape index (κ3) is 5.01. The molecule has 27 heavy (non-hydrogen) atoms. The average molecular weight is 369 g/mol. The number of hydrogen-bond donors (Lipinski definition) is 1. The number of rotatable bonds is 7. The average Bonchev–Trinajstić information content (AvgIpc) is 3.20. The van der Waals surface area contributed by atoms with Gasteiger partial charge in [-0.2, -0.15) is 0 Å². The molecule has 1 N–H and O–H groups in total. The molecule has 5 nitrogen and oxygen atoms in total. The summed E-state index contributed by atoms with van der Waals surface area (Å²) < 4.78 is 16.9. The summed E-state index contributed by atoms with van der Waals surface area (Å²) in [6.45, 7) is 5.80. The normalized spacial score (nSPS) is 16.2. The van der Waals surface area contributed by atoms with Gasteiger partial charge >= 0.3 is 0 Å². The summed E-state index contributed by atoms with van der Waals surface area (Å²) in [6.07, 6.45) is 2.28. The highest BCUT2D eigenvalue weighted by atomic mass is 16.5. The van der Waals surface area contributed by atoms with Crippen LogP contribution in [0.3, 0.4) is 0 Å². The Morgan fingerprint density at radius 2 is 2.00 bits per heavy atom. The summed E-state index contributed by atoms with van der Waals surface area (Å²) in [5.74, 6) is 1.26. The van der Waals surface area contributed by atoms with Crippen LogP contribution in [-0.4, -0.2) is 32.3 Å². The lowest BCUT2D eigenvalue weighted by Gasteiger charge is -2.15. The molecule has 0 radical (unpaired) electrons. The minimum Gasteiger partial charge on any atom is -0.493 e. The van der Waals surface area contributed by atoms with E-state index in [0.717, 1.165) is 30.6 Å². The molecule has 0 bridgehead atoms. The molecule has 1 fully saturated rings. The zero-order chi connectivity index (χ0) is 19.2. The maximum Gasteiger partial charge on any atom is 0.251 e. The Balaban J connectivity index is 1.59. The second-order valence-corrected chi connectivity index (χ2v) is 6.91. The molecule has 0 unspecified atom stereocenters. The number of hydrogen-bond acceptors (Lipinski definition) is 4. The summed E-state index contributed by atoms with van der Waals surface area (Å²) in [5, 5.41) is 2.95.